The molecular weight excluding hydrogens is 462 g/mol. The summed E-state index contributed by atoms with van der Waals surface area (Å²) in [5.41, 5.74) is 1.85. The molecule has 0 aliphatic carbocycles. The van der Waals surface area contributed by atoms with Gasteiger partial charge >= 0.3 is 0 Å². The van der Waals surface area contributed by atoms with E-state index in [0.717, 1.165) is 0 Å². The van der Waals surface area contributed by atoms with Crippen molar-refractivity contribution in [3.8, 4) is 5.75 Å². The average Bonchev–Trinajstić information content (AvgIpc) is 3.59. The number of rotatable bonds is 9. The lowest BCUT2D eigenvalue weighted by molar-refractivity contribution is -0.384. The summed E-state index contributed by atoms with van der Waals surface area (Å²) in [5, 5.41) is 11.1. The Hall–Kier alpha value is -4.34. The molecule has 0 spiro atoms. The molecule has 3 aromatic carbocycles. The van der Waals surface area contributed by atoms with Crippen LogP contribution in [-0.2, 0) is 21.8 Å². The van der Waals surface area contributed by atoms with Crippen LogP contribution in [0.15, 0.2) is 97.6 Å². The third kappa shape index (κ3) is 5.02. The van der Waals surface area contributed by atoms with Gasteiger partial charge in [-0.1, -0.05) is 30.3 Å². The minimum absolute atomic E-state index is 0.0106. The van der Waals surface area contributed by atoms with Gasteiger partial charge in [-0.3, -0.25) is 14.9 Å². The maximum absolute atomic E-state index is 12.6. The Labute approximate surface area is 207 Å². The van der Waals surface area contributed by atoms with E-state index in [1.165, 1.54) is 12.1 Å². The maximum atomic E-state index is 12.6. The van der Waals surface area contributed by atoms with Gasteiger partial charge < -0.3 is 18.8 Å². The molecule has 5 rings (SSSR count). The molecule has 0 radical (unpaired) electrons. The molecule has 0 saturated carbocycles. The van der Waals surface area contributed by atoms with Gasteiger partial charge in [0.05, 0.1) is 24.4 Å². The summed E-state index contributed by atoms with van der Waals surface area (Å²) in [6, 6.07) is 22.2. The van der Waals surface area contributed by atoms with E-state index >= 15 is 0 Å². The lowest BCUT2D eigenvalue weighted by Crippen LogP contribution is -2.34. The summed E-state index contributed by atoms with van der Waals surface area (Å²) in [6.45, 7) is 0.818. The summed E-state index contributed by atoms with van der Waals surface area (Å²) in [5.74, 6) is -0.594. The highest BCUT2D eigenvalue weighted by Gasteiger charge is 2.44. The largest absolute Gasteiger partial charge is 0.491 e. The second kappa shape index (κ2) is 10.1. The monoisotopic (exact) mass is 485 g/mol. The zero-order chi connectivity index (χ0) is 25.0. The smallest absolute Gasteiger partial charge is 0.269 e. The molecule has 0 amide bonds. The fraction of sp³-hybridized carbons (Fsp3) is 0.185. The SMILES string of the molecule is O=C(c1ccccc1)c1ccc(OCC2COC(Cn3ccnc3)(c3ccc([N+](=O)[O-])cc3)O2)cc1. The van der Waals surface area contributed by atoms with E-state index in [4.69, 9.17) is 14.2 Å². The average molecular weight is 485 g/mol. The van der Waals surface area contributed by atoms with Crippen molar-refractivity contribution in [1.82, 2.24) is 9.55 Å². The molecule has 1 aliphatic heterocycles. The second-order valence-electron chi connectivity index (χ2n) is 8.37. The fourth-order valence-electron chi connectivity index (χ4n) is 4.08. The van der Waals surface area contributed by atoms with Gasteiger partial charge in [-0.25, -0.2) is 4.98 Å². The normalized spacial score (nSPS) is 19.2. The van der Waals surface area contributed by atoms with Crippen molar-refractivity contribution >= 4 is 11.5 Å². The molecule has 1 aliphatic rings. The Morgan fingerprint density at radius 3 is 2.44 bits per heavy atom. The topological polar surface area (TPSA) is 106 Å². The van der Waals surface area contributed by atoms with E-state index in [2.05, 4.69) is 4.98 Å². The van der Waals surface area contributed by atoms with E-state index in [9.17, 15) is 14.9 Å². The number of hydrogen-bond acceptors (Lipinski definition) is 7. The number of aromatic nitrogens is 2. The predicted molar refractivity (Wildman–Crippen MR) is 130 cm³/mol. The third-order valence-electron chi connectivity index (χ3n) is 5.92. The number of carbonyl (C=O) groups excluding carboxylic acids is 1. The van der Waals surface area contributed by atoms with Gasteiger partial charge in [0.1, 0.15) is 18.5 Å². The number of nitrogens with zero attached hydrogens (tertiary/aromatic N) is 3. The van der Waals surface area contributed by atoms with Gasteiger partial charge in [0.15, 0.2) is 5.78 Å². The molecule has 1 fully saturated rings. The van der Waals surface area contributed by atoms with Crippen LogP contribution in [0.25, 0.3) is 0 Å². The van der Waals surface area contributed by atoms with Gasteiger partial charge in [0, 0.05) is 41.2 Å². The van der Waals surface area contributed by atoms with Gasteiger partial charge in [-0.2, -0.15) is 0 Å². The molecule has 2 heterocycles. The van der Waals surface area contributed by atoms with E-state index in [-0.39, 0.29) is 30.8 Å². The molecule has 182 valence electrons. The number of ketones is 1. The summed E-state index contributed by atoms with van der Waals surface area (Å²) in [6.07, 6.45) is 4.73. The minimum Gasteiger partial charge on any atom is -0.491 e. The molecule has 9 heteroatoms. The third-order valence-corrected chi connectivity index (χ3v) is 5.92. The molecule has 0 N–H and O–H groups in total. The Morgan fingerprint density at radius 2 is 1.78 bits per heavy atom. The standard InChI is InChI=1S/C27H23N3O6/c31-26(20-4-2-1-3-5-20)21-6-12-24(13-7-21)34-16-25-17-35-27(36-25,18-29-15-14-28-19-29)22-8-10-23(11-9-22)30(32)33/h1-15,19,25H,16-18H2. The molecule has 1 aromatic heterocycles. The molecule has 4 aromatic rings. The summed E-state index contributed by atoms with van der Waals surface area (Å²) < 4.78 is 20.2. The van der Waals surface area contributed by atoms with Crippen molar-refractivity contribution in [3.63, 3.8) is 0 Å². The van der Waals surface area contributed by atoms with Crippen LogP contribution >= 0.6 is 0 Å². The number of benzene rings is 3. The molecule has 36 heavy (non-hydrogen) atoms. The molecule has 2 unspecified atom stereocenters. The van der Waals surface area contributed by atoms with Crippen LogP contribution in [-0.4, -0.2) is 39.6 Å². The molecule has 1 saturated heterocycles. The summed E-state index contributed by atoms with van der Waals surface area (Å²) >= 11 is 0. The molecule has 9 nitrogen and oxygen atoms in total. The van der Waals surface area contributed by atoms with Crippen LogP contribution in [0.4, 0.5) is 5.69 Å². The van der Waals surface area contributed by atoms with Crippen molar-refractivity contribution in [3.05, 3.63) is 124 Å². The van der Waals surface area contributed by atoms with E-state index < -0.39 is 10.7 Å². The number of carbonyl (C=O) groups is 1. The van der Waals surface area contributed by atoms with Gasteiger partial charge in [-0.15, -0.1) is 0 Å². The first-order valence-electron chi connectivity index (χ1n) is 11.4. The van der Waals surface area contributed by atoms with Gasteiger partial charge in [0.25, 0.3) is 5.69 Å². The van der Waals surface area contributed by atoms with Crippen molar-refractivity contribution in [1.29, 1.82) is 0 Å². The van der Waals surface area contributed by atoms with Crippen molar-refractivity contribution in [2.45, 2.75) is 18.4 Å². The van der Waals surface area contributed by atoms with Crippen LogP contribution < -0.4 is 4.74 Å². The minimum atomic E-state index is -1.14. The highest BCUT2D eigenvalue weighted by Crippen LogP contribution is 2.37. The zero-order valence-corrected chi connectivity index (χ0v) is 19.2. The first-order valence-corrected chi connectivity index (χ1v) is 11.4. The molecular formula is C27H23N3O6. The van der Waals surface area contributed by atoms with E-state index in [0.29, 0.717) is 29.0 Å². The second-order valence-corrected chi connectivity index (χ2v) is 8.37. The van der Waals surface area contributed by atoms with Gasteiger partial charge in [0.2, 0.25) is 5.79 Å². The molecule has 2 atom stereocenters. The van der Waals surface area contributed by atoms with Crippen LogP contribution in [0.2, 0.25) is 0 Å². The fourth-order valence-corrected chi connectivity index (χ4v) is 4.08. The van der Waals surface area contributed by atoms with E-state index in [1.54, 1.807) is 67.3 Å². The van der Waals surface area contributed by atoms with E-state index in [1.807, 2.05) is 22.8 Å². The Morgan fingerprint density at radius 1 is 1.06 bits per heavy atom. The lowest BCUT2D eigenvalue weighted by atomic mass is 10.0. The molecule has 0 bridgehead atoms. The Bertz CT molecular complexity index is 1320. The maximum Gasteiger partial charge on any atom is 0.269 e. The predicted octanol–water partition coefficient (Wildman–Crippen LogP) is 4.37. The van der Waals surface area contributed by atoms with Crippen molar-refractivity contribution < 1.29 is 23.9 Å². The van der Waals surface area contributed by atoms with Crippen LogP contribution in [0, 0.1) is 10.1 Å². The summed E-state index contributed by atoms with van der Waals surface area (Å²) in [4.78, 5) is 27.3. The number of non-ortho nitro benzene ring substituents is 1. The van der Waals surface area contributed by atoms with Crippen LogP contribution in [0.3, 0.4) is 0 Å². The van der Waals surface area contributed by atoms with Gasteiger partial charge in [-0.05, 0) is 36.4 Å². The first-order chi connectivity index (χ1) is 17.5. The number of nitro groups is 1. The van der Waals surface area contributed by atoms with Crippen LogP contribution in [0.5, 0.6) is 5.75 Å². The Balaban J connectivity index is 1.26. The number of hydrogen-bond donors (Lipinski definition) is 0. The highest BCUT2D eigenvalue weighted by atomic mass is 16.8. The Kier molecular flexibility index (Phi) is 6.57. The van der Waals surface area contributed by atoms with Crippen molar-refractivity contribution in [2.75, 3.05) is 13.2 Å². The number of nitro benzene ring substituents is 1. The summed E-state index contributed by atoms with van der Waals surface area (Å²) in [7, 11) is 0. The zero-order valence-electron chi connectivity index (χ0n) is 19.2. The highest BCUT2D eigenvalue weighted by molar-refractivity contribution is 6.08. The quantitative estimate of drug-likeness (QED) is 0.197. The number of ether oxygens (including phenoxy) is 3. The lowest BCUT2D eigenvalue weighted by Gasteiger charge is -2.29. The van der Waals surface area contributed by atoms with Crippen LogP contribution in [0.1, 0.15) is 21.5 Å². The van der Waals surface area contributed by atoms with Crippen molar-refractivity contribution in [2.24, 2.45) is 0 Å². The first kappa shape index (κ1) is 23.4. The number of imidazole rings is 1.